The van der Waals surface area contributed by atoms with Crippen LogP contribution in [-0.4, -0.2) is 27.9 Å². The zero-order chi connectivity index (χ0) is 17.5. The normalized spacial score (nSPS) is 12.4. The zero-order valence-electron chi connectivity index (χ0n) is 14.1. The first-order valence-corrected chi connectivity index (χ1v) is 9.32. The summed E-state index contributed by atoms with van der Waals surface area (Å²) in [6.07, 6.45) is 2.08. The molecule has 2 aromatic rings. The summed E-state index contributed by atoms with van der Waals surface area (Å²) in [5, 5.41) is 11.9. The highest BCUT2D eigenvalue weighted by atomic mass is 35.5. The summed E-state index contributed by atoms with van der Waals surface area (Å²) in [7, 11) is 0. The van der Waals surface area contributed by atoms with E-state index in [4.69, 9.17) is 16.0 Å². The Bertz CT molecular complexity index is 675. The lowest BCUT2D eigenvalue weighted by Gasteiger charge is -2.14. The minimum absolute atomic E-state index is 0.0289. The molecule has 0 radical (unpaired) electrons. The highest BCUT2D eigenvalue weighted by molar-refractivity contribution is 7.99. The summed E-state index contributed by atoms with van der Waals surface area (Å²) in [5.74, 6) is 1.26. The van der Waals surface area contributed by atoms with Crippen molar-refractivity contribution < 1.29 is 9.21 Å². The van der Waals surface area contributed by atoms with Gasteiger partial charge >= 0.3 is 0 Å². The maximum Gasteiger partial charge on any atom is 0.277 e. The predicted molar refractivity (Wildman–Crippen MR) is 97.1 cm³/mol. The third-order valence-corrected chi connectivity index (χ3v) is 4.44. The van der Waals surface area contributed by atoms with Crippen molar-refractivity contribution in [1.29, 1.82) is 0 Å². The van der Waals surface area contributed by atoms with Crippen molar-refractivity contribution in [3.05, 3.63) is 29.3 Å². The van der Waals surface area contributed by atoms with Gasteiger partial charge in [0.25, 0.3) is 5.22 Å². The van der Waals surface area contributed by atoms with Gasteiger partial charge in [0, 0.05) is 16.6 Å². The molecule has 5 nitrogen and oxygen atoms in total. The number of hydrogen-bond donors (Lipinski definition) is 1. The van der Waals surface area contributed by atoms with Gasteiger partial charge in [0.15, 0.2) is 0 Å². The van der Waals surface area contributed by atoms with Crippen LogP contribution in [0.15, 0.2) is 33.9 Å². The van der Waals surface area contributed by atoms with Crippen LogP contribution >= 0.6 is 23.4 Å². The summed E-state index contributed by atoms with van der Waals surface area (Å²) >= 11 is 7.18. The van der Waals surface area contributed by atoms with E-state index >= 15 is 0 Å². The van der Waals surface area contributed by atoms with Crippen molar-refractivity contribution >= 4 is 29.3 Å². The first-order valence-electron chi connectivity index (χ1n) is 7.95. The van der Waals surface area contributed by atoms with Gasteiger partial charge in [0.05, 0.1) is 5.75 Å². The molecule has 0 aliphatic carbocycles. The molecule has 2 rings (SSSR count). The number of aromatic nitrogens is 2. The lowest BCUT2D eigenvalue weighted by molar-refractivity contribution is -0.119. The van der Waals surface area contributed by atoms with Gasteiger partial charge in [-0.25, -0.2) is 0 Å². The largest absolute Gasteiger partial charge is 0.411 e. The van der Waals surface area contributed by atoms with Gasteiger partial charge in [-0.1, -0.05) is 43.3 Å². The van der Waals surface area contributed by atoms with E-state index in [1.165, 1.54) is 11.8 Å². The van der Waals surface area contributed by atoms with Gasteiger partial charge < -0.3 is 9.73 Å². The molecule has 1 aromatic heterocycles. The Hall–Kier alpha value is -1.53. The number of halogens is 1. The molecule has 1 heterocycles. The van der Waals surface area contributed by atoms with Gasteiger partial charge in [0.1, 0.15) is 0 Å². The Balaban J connectivity index is 1.81. The average Bonchev–Trinajstić information content (AvgIpc) is 3.00. The topological polar surface area (TPSA) is 68.0 Å². The molecular weight excluding hydrogens is 346 g/mol. The minimum Gasteiger partial charge on any atom is -0.411 e. The van der Waals surface area contributed by atoms with Gasteiger partial charge in [-0.05, 0) is 43.9 Å². The molecule has 1 N–H and O–H groups in total. The molecule has 0 saturated heterocycles. The van der Waals surface area contributed by atoms with Crippen molar-refractivity contribution in [1.82, 2.24) is 15.5 Å². The van der Waals surface area contributed by atoms with E-state index in [1.54, 1.807) is 12.1 Å². The number of hydrogen-bond acceptors (Lipinski definition) is 5. The second-order valence-electron chi connectivity index (χ2n) is 6.11. The number of carbonyl (C=O) groups excluding carboxylic acids is 1. The van der Waals surface area contributed by atoms with E-state index in [1.807, 2.05) is 19.1 Å². The molecule has 0 saturated carbocycles. The third-order valence-electron chi connectivity index (χ3n) is 3.39. The van der Waals surface area contributed by atoms with Gasteiger partial charge in [-0.2, -0.15) is 0 Å². The highest BCUT2D eigenvalue weighted by Gasteiger charge is 2.13. The van der Waals surface area contributed by atoms with Crippen molar-refractivity contribution in [3.8, 4) is 11.5 Å². The number of nitrogens with zero attached hydrogens (tertiary/aromatic N) is 2. The molecule has 1 atom stereocenters. The summed E-state index contributed by atoms with van der Waals surface area (Å²) in [6, 6.07) is 7.37. The fourth-order valence-electron chi connectivity index (χ4n) is 2.11. The molecule has 0 spiro atoms. The van der Waals surface area contributed by atoms with Gasteiger partial charge in [0.2, 0.25) is 11.8 Å². The molecule has 0 fully saturated rings. The molecule has 0 aliphatic rings. The first-order chi connectivity index (χ1) is 11.4. The lowest BCUT2D eigenvalue weighted by atomic mass is 10.0. The number of thioether (sulfide) groups is 1. The predicted octanol–water partition coefficient (Wildman–Crippen LogP) is 4.42. The molecule has 1 aromatic carbocycles. The Morgan fingerprint density at radius 1 is 1.29 bits per heavy atom. The van der Waals surface area contributed by atoms with Crippen LogP contribution in [0.5, 0.6) is 0 Å². The molecular formula is C17H22ClN3O2S. The number of carbonyl (C=O) groups is 1. The van der Waals surface area contributed by atoms with Crippen molar-refractivity contribution in [2.24, 2.45) is 5.92 Å². The number of nitrogens with one attached hydrogen (secondary N) is 1. The molecule has 130 valence electrons. The summed E-state index contributed by atoms with van der Waals surface area (Å²) < 4.78 is 5.56. The standard InChI is InChI=1S/C17H22ClN3O2S/c1-11(2)7-8-12(3)19-15(22)10-24-17-21-20-16(23-17)13-5-4-6-14(18)9-13/h4-6,9,11-12H,7-8,10H2,1-3H3,(H,19,22)/t12-/m1/s1. The Kier molecular flexibility index (Phi) is 7.12. The molecule has 24 heavy (non-hydrogen) atoms. The van der Waals surface area contributed by atoms with Crippen LogP contribution in [0.2, 0.25) is 5.02 Å². The van der Waals surface area contributed by atoms with E-state index in [0.717, 1.165) is 18.4 Å². The molecule has 0 unspecified atom stereocenters. The van der Waals surface area contributed by atoms with Crippen LogP contribution in [0.3, 0.4) is 0 Å². The quantitative estimate of drug-likeness (QED) is 0.699. The summed E-state index contributed by atoms with van der Waals surface area (Å²) in [4.78, 5) is 12.0. The summed E-state index contributed by atoms with van der Waals surface area (Å²) in [6.45, 7) is 6.38. The van der Waals surface area contributed by atoms with Crippen LogP contribution in [-0.2, 0) is 4.79 Å². The number of rotatable bonds is 8. The highest BCUT2D eigenvalue weighted by Crippen LogP contribution is 2.25. The monoisotopic (exact) mass is 367 g/mol. The Morgan fingerprint density at radius 3 is 2.79 bits per heavy atom. The smallest absolute Gasteiger partial charge is 0.277 e. The maximum absolute atomic E-state index is 12.0. The van der Waals surface area contributed by atoms with Crippen LogP contribution in [0, 0.1) is 5.92 Å². The first kappa shape index (κ1) is 18.8. The second-order valence-corrected chi connectivity index (χ2v) is 7.47. The zero-order valence-corrected chi connectivity index (χ0v) is 15.7. The van der Waals surface area contributed by atoms with E-state index < -0.39 is 0 Å². The molecule has 0 bridgehead atoms. The lowest BCUT2D eigenvalue weighted by Crippen LogP contribution is -2.34. The maximum atomic E-state index is 12.0. The van der Waals surface area contributed by atoms with Crippen molar-refractivity contribution in [2.45, 2.75) is 44.9 Å². The molecule has 0 aliphatic heterocycles. The Morgan fingerprint density at radius 2 is 2.08 bits per heavy atom. The Labute approximate surface area is 151 Å². The van der Waals surface area contributed by atoms with Crippen molar-refractivity contribution in [2.75, 3.05) is 5.75 Å². The fourth-order valence-corrected chi connectivity index (χ4v) is 2.87. The SMILES string of the molecule is CC(C)CC[C@@H](C)NC(=O)CSc1nnc(-c2cccc(Cl)c2)o1. The van der Waals surface area contributed by atoms with E-state index in [9.17, 15) is 4.79 Å². The minimum atomic E-state index is -0.0289. The fraction of sp³-hybridized carbons (Fsp3) is 0.471. The van der Waals surface area contributed by atoms with Gasteiger partial charge in [-0.15, -0.1) is 10.2 Å². The second kappa shape index (κ2) is 9.08. The van der Waals surface area contributed by atoms with E-state index in [2.05, 4.69) is 29.4 Å². The van der Waals surface area contributed by atoms with Gasteiger partial charge in [-0.3, -0.25) is 4.79 Å². The van der Waals surface area contributed by atoms with Crippen LogP contribution in [0.1, 0.15) is 33.6 Å². The number of benzene rings is 1. The summed E-state index contributed by atoms with van der Waals surface area (Å²) in [5.41, 5.74) is 0.758. The average molecular weight is 368 g/mol. The van der Waals surface area contributed by atoms with Crippen LogP contribution in [0.4, 0.5) is 0 Å². The molecule has 1 amide bonds. The number of amides is 1. The van der Waals surface area contributed by atoms with Crippen LogP contribution < -0.4 is 5.32 Å². The van der Waals surface area contributed by atoms with E-state index in [0.29, 0.717) is 22.1 Å². The molecule has 7 heteroatoms. The van der Waals surface area contributed by atoms with Crippen molar-refractivity contribution in [3.63, 3.8) is 0 Å². The van der Waals surface area contributed by atoms with Crippen LogP contribution in [0.25, 0.3) is 11.5 Å². The third kappa shape index (κ3) is 6.17. The van der Waals surface area contributed by atoms with E-state index in [-0.39, 0.29) is 17.7 Å².